The molecular formula is C21H31N5S. The Bertz CT molecular complexity index is 800. The van der Waals surface area contributed by atoms with E-state index >= 15 is 0 Å². The van der Waals surface area contributed by atoms with Crippen molar-refractivity contribution in [2.45, 2.75) is 50.2 Å². The Morgan fingerprint density at radius 1 is 1.33 bits per heavy atom. The second-order valence-electron chi connectivity index (χ2n) is 7.89. The molecule has 0 unspecified atom stereocenters. The Morgan fingerprint density at radius 3 is 2.96 bits per heavy atom. The molecule has 1 aliphatic heterocycles. The summed E-state index contributed by atoms with van der Waals surface area (Å²) in [4.78, 5) is 11.8. The van der Waals surface area contributed by atoms with Gasteiger partial charge in [0.25, 0.3) is 0 Å². The van der Waals surface area contributed by atoms with E-state index in [1.165, 1.54) is 43.4 Å². The zero-order valence-electron chi connectivity index (χ0n) is 16.6. The lowest BCUT2D eigenvalue weighted by Crippen LogP contribution is -2.53. The lowest BCUT2D eigenvalue weighted by Gasteiger charge is -2.45. The van der Waals surface area contributed by atoms with E-state index < -0.39 is 0 Å². The smallest absolute Gasteiger partial charge is 0.193 e. The highest BCUT2D eigenvalue weighted by Gasteiger charge is 2.38. The molecule has 2 aliphatic rings. The minimum atomic E-state index is 0.466. The number of nitrogens with zero attached hydrogens (tertiary/aromatic N) is 4. The number of imidazole rings is 1. The first-order valence-electron chi connectivity index (χ1n) is 10.2. The van der Waals surface area contributed by atoms with Gasteiger partial charge in [-0.25, -0.2) is 4.98 Å². The van der Waals surface area contributed by atoms with Crippen LogP contribution in [0.25, 0.3) is 5.65 Å². The van der Waals surface area contributed by atoms with E-state index in [1.807, 2.05) is 7.05 Å². The van der Waals surface area contributed by atoms with Gasteiger partial charge in [0.2, 0.25) is 0 Å². The number of aromatic nitrogens is 2. The average Bonchev–Trinajstić information content (AvgIpc) is 3.10. The molecule has 0 atom stereocenters. The number of thioether (sulfide) groups is 1. The highest BCUT2D eigenvalue weighted by Crippen LogP contribution is 2.42. The predicted octanol–water partition coefficient (Wildman–Crippen LogP) is 3.51. The van der Waals surface area contributed by atoms with Gasteiger partial charge in [0.05, 0.1) is 5.69 Å². The number of fused-ring (bicyclic) bond motifs is 1. The van der Waals surface area contributed by atoms with Crippen molar-refractivity contribution in [3.8, 4) is 0 Å². The number of nitrogens with one attached hydrogen (secondary N) is 1. The summed E-state index contributed by atoms with van der Waals surface area (Å²) < 4.78 is 2.58. The van der Waals surface area contributed by atoms with Crippen molar-refractivity contribution in [2.24, 2.45) is 4.99 Å². The fraction of sp³-hybridized carbons (Fsp3) is 0.619. The van der Waals surface area contributed by atoms with E-state index in [0.717, 1.165) is 43.4 Å². The first-order chi connectivity index (χ1) is 13.2. The molecule has 27 heavy (non-hydrogen) atoms. The second kappa shape index (κ2) is 8.13. The summed E-state index contributed by atoms with van der Waals surface area (Å²) in [6, 6.07) is 4.19. The van der Waals surface area contributed by atoms with Gasteiger partial charge in [0.1, 0.15) is 5.65 Å². The zero-order chi connectivity index (χ0) is 18.7. The molecule has 4 rings (SSSR count). The molecule has 0 radical (unpaired) electrons. The van der Waals surface area contributed by atoms with Crippen molar-refractivity contribution >= 4 is 23.4 Å². The van der Waals surface area contributed by atoms with Crippen LogP contribution < -0.4 is 5.32 Å². The van der Waals surface area contributed by atoms with Gasteiger partial charge in [-0.3, -0.25) is 4.99 Å². The van der Waals surface area contributed by atoms with E-state index in [1.54, 1.807) is 0 Å². The molecule has 146 valence electrons. The predicted molar refractivity (Wildman–Crippen MR) is 115 cm³/mol. The molecule has 2 fully saturated rings. The summed E-state index contributed by atoms with van der Waals surface area (Å²) in [7, 11) is 1.91. The molecule has 0 amide bonds. The largest absolute Gasteiger partial charge is 0.356 e. The van der Waals surface area contributed by atoms with E-state index in [4.69, 9.17) is 4.98 Å². The monoisotopic (exact) mass is 385 g/mol. The Kier molecular flexibility index (Phi) is 5.62. The molecule has 1 aliphatic carbocycles. The topological polar surface area (TPSA) is 44.9 Å². The first kappa shape index (κ1) is 18.7. The number of hydrogen-bond acceptors (Lipinski definition) is 3. The van der Waals surface area contributed by atoms with Crippen LogP contribution in [0.1, 0.15) is 43.4 Å². The lowest BCUT2D eigenvalue weighted by atomic mass is 9.87. The minimum absolute atomic E-state index is 0.466. The summed E-state index contributed by atoms with van der Waals surface area (Å²) in [6.07, 6.45) is 12.0. The minimum Gasteiger partial charge on any atom is -0.356 e. The van der Waals surface area contributed by atoms with Crippen molar-refractivity contribution in [1.29, 1.82) is 0 Å². The summed E-state index contributed by atoms with van der Waals surface area (Å²) in [5, 5.41) is 3.59. The number of hydrogen-bond donors (Lipinski definition) is 1. The van der Waals surface area contributed by atoms with Crippen molar-refractivity contribution in [2.75, 3.05) is 32.4 Å². The maximum absolute atomic E-state index is 4.78. The van der Waals surface area contributed by atoms with Gasteiger partial charge in [-0.1, -0.05) is 25.3 Å². The van der Waals surface area contributed by atoms with Gasteiger partial charge in [-0.15, -0.1) is 0 Å². The third-order valence-electron chi connectivity index (χ3n) is 5.92. The van der Waals surface area contributed by atoms with Crippen molar-refractivity contribution in [1.82, 2.24) is 19.6 Å². The molecule has 0 bridgehead atoms. The quantitative estimate of drug-likeness (QED) is 0.649. The summed E-state index contributed by atoms with van der Waals surface area (Å²) in [6.45, 7) is 5.22. The standard InChI is InChI=1S/C21H31N5S/c1-17-7-6-12-25-15-18(24-19(17)25)8-11-23-20(22-2)26-13-14-27-21(16-26)9-4-3-5-10-21/h6-7,12,15H,3-5,8-11,13-14,16H2,1-2H3,(H,22,23). The average molecular weight is 386 g/mol. The van der Waals surface area contributed by atoms with Gasteiger partial charge in [0.15, 0.2) is 5.96 Å². The molecule has 2 aromatic heterocycles. The van der Waals surface area contributed by atoms with Gasteiger partial charge in [-0.05, 0) is 31.4 Å². The Hall–Kier alpha value is -1.69. The molecule has 5 nitrogen and oxygen atoms in total. The molecule has 3 heterocycles. The number of aryl methyl sites for hydroxylation is 1. The highest BCUT2D eigenvalue weighted by atomic mass is 32.2. The van der Waals surface area contributed by atoms with Crippen LogP contribution in [-0.2, 0) is 6.42 Å². The fourth-order valence-electron chi connectivity index (χ4n) is 4.48. The van der Waals surface area contributed by atoms with Crippen LogP contribution >= 0.6 is 11.8 Å². The number of pyridine rings is 1. The number of rotatable bonds is 3. The summed E-state index contributed by atoms with van der Waals surface area (Å²) in [5.41, 5.74) is 3.41. The number of guanidine groups is 1. The van der Waals surface area contributed by atoms with E-state index in [-0.39, 0.29) is 0 Å². The maximum atomic E-state index is 4.78. The van der Waals surface area contributed by atoms with Crippen molar-refractivity contribution in [3.63, 3.8) is 0 Å². The Labute approximate surface area is 166 Å². The van der Waals surface area contributed by atoms with Crippen LogP contribution in [0.2, 0.25) is 0 Å². The molecule has 1 N–H and O–H groups in total. The molecule has 6 heteroatoms. The lowest BCUT2D eigenvalue weighted by molar-refractivity contribution is 0.293. The van der Waals surface area contributed by atoms with Crippen LogP contribution in [0.3, 0.4) is 0 Å². The van der Waals surface area contributed by atoms with Crippen molar-refractivity contribution in [3.05, 3.63) is 35.8 Å². The molecule has 1 saturated heterocycles. The van der Waals surface area contributed by atoms with Gasteiger partial charge in [-0.2, -0.15) is 11.8 Å². The van der Waals surface area contributed by atoms with E-state index in [2.05, 4.69) is 62.8 Å². The second-order valence-corrected chi connectivity index (χ2v) is 9.45. The number of aliphatic imine (C=N–C) groups is 1. The Balaban J connectivity index is 1.35. The molecule has 0 aromatic carbocycles. The van der Waals surface area contributed by atoms with Gasteiger partial charge >= 0.3 is 0 Å². The fourth-order valence-corrected chi connectivity index (χ4v) is 6.05. The third kappa shape index (κ3) is 4.10. The highest BCUT2D eigenvalue weighted by molar-refractivity contribution is 8.00. The summed E-state index contributed by atoms with van der Waals surface area (Å²) in [5.74, 6) is 2.27. The van der Waals surface area contributed by atoms with Crippen LogP contribution in [0.15, 0.2) is 29.5 Å². The van der Waals surface area contributed by atoms with Crippen LogP contribution in [0.4, 0.5) is 0 Å². The van der Waals surface area contributed by atoms with Gasteiger partial charge < -0.3 is 14.6 Å². The Morgan fingerprint density at radius 2 is 2.19 bits per heavy atom. The van der Waals surface area contributed by atoms with Crippen LogP contribution in [0.5, 0.6) is 0 Å². The molecule has 1 saturated carbocycles. The first-order valence-corrected chi connectivity index (χ1v) is 11.2. The maximum Gasteiger partial charge on any atom is 0.193 e. The molecule has 1 spiro atoms. The van der Waals surface area contributed by atoms with Crippen LogP contribution in [0, 0.1) is 6.92 Å². The third-order valence-corrected chi connectivity index (χ3v) is 7.45. The zero-order valence-corrected chi connectivity index (χ0v) is 17.4. The van der Waals surface area contributed by atoms with Gasteiger partial charge in [0, 0.05) is 56.0 Å². The van der Waals surface area contributed by atoms with Crippen molar-refractivity contribution < 1.29 is 0 Å². The van der Waals surface area contributed by atoms with E-state index in [0.29, 0.717) is 4.75 Å². The van der Waals surface area contributed by atoms with Crippen LogP contribution in [-0.4, -0.2) is 57.4 Å². The SMILES string of the molecule is CN=C(NCCc1cn2cccc(C)c2n1)N1CCSC2(CCCCC2)C1. The molecular weight excluding hydrogens is 354 g/mol. The normalized spacial score (nSPS) is 20.4. The van der Waals surface area contributed by atoms with E-state index in [9.17, 15) is 0 Å². The summed E-state index contributed by atoms with van der Waals surface area (Å²) >= 11 is 2.21. The molecule has 2 aromatic rings.